The number of halogens is 2. The zero-order chi connectivity index (χ0) is 14.6. The first-order valence-electron chi connectivity index (χ1n) is 7.93. The highest BCUT2D eigenvalue weighted by Gasteiger charge is 2.16. The van der Waals surface area contributed by atoms with Crippen LogP contribution in [-0.4, -0.2) is 44.9 Å². The van der Waals surface area contributed by atoms with E-state index in [0.29, 0.717) is 18.8 Å². The summed E-state index contributed by atoms with van der Waals surface area (Å²) in [6.45, 7) is 3.97. The minimum absolute atomic E-state index is 0.369. The number of hydrogen-bond donors (Lipinski definition) is 1. The van der Waals surface area contributed by atoms with Gasteiger partial charge in [-0.15, -0.1) is 0 Å². The first-order chi connectivity index (χ1) is 9.72. The molecule has 0 aromatic rings. The van der Waals surface area contributed by atoms with Gasteiger partial charge in [-0.2, -0.15) is 0 Å². The third-order valence-corrected chi connectivity index (χ3v) is 3.64. The summed E-state index contributed by atoms with van der Waals surface area (Å²) in [6.07, 6.45) is 5.64. The highest BCUT2D eigenvalue weighted by molar-refractivity contribution is 4.70. The summed E-state index contributed by atoms with van der Waals surface area (Å²) in [7, 11) is 0. The van der Waals surface area contributed by atoms with Gasteiger partial charge in [0.05, 0.1) is 6.10 Å². The predicted molar refractivity (Wildman–Crippen MR) is 76.3 cm³/mol. The van der Waals surface area contributed by atoms with E-state index in [1.165, 1.54) is 12.8 Å². The summed E-state index contributed by atoms with van der Waals surface area (Å²) in [5.41, 5.74) is 0. The average molecular weight is 293 g/mol. The second-order valence-electron chi connectivity index (χ2n) is 5.47. The van der Waals surface area contributed by atoms with Crippen LogP contribution in [0.25, 0.3) is 0 Å². The van der Waals surface area contributed by atoms with Crippen LogP contribution in [0, 0.1) is 0 Å². The van der Waals surface area contributed by atoms with Crippen LogP contribution in [0.1, 0.15) is 51.9 Å². The Balaban J connectivity index is 2.10. The zero-order valence-electron chi connectivity index (χ0n) is 12.6. The van der Waals surface area contributed by atoms with Crippen molar-refractivity contribution in [3.8, 4) is 0 Å². The van der Waals surface area contributed by atoms with E-state index in [0.717, 1.165) is 45.3 Å². The van der Waals surface area contributed by atoms with Gasteiger partial charge in [0.1, 0.15) is 6.61 Å². The van der Waals surface area contributed by atoms with Gasteiger partial charge in [0.15, 0.2) is 0 Å². The summed E-state index contributed by atoms with van der Waals surface area (Å²) in [5, 5.41) is 3.47. The maximum Gasteiger partial charge on any atom is 0.261 e. The molecule has 1 heterocycles. The van der Waals surface area contributed by atoms with Crippen molar-refractivity contribution in [2.45, 2.75) is 70.4 Å². The molecule has 1 aliphatic heterocycles. The van der Waals surface area contributed by atoms with Crippen LogP contribution < -0.4 is 5.32 Å². The van der Waals surface area contributed by atoms with Crippen molar-refractivity contribution < 1.29 is 18.3 Å². The largest absolute Gasteiger partial charge is 0.378 e. The van der Waals surface area contributed by atoms with Crippen molar-refractivity contribution in [2.75, 3.05) is 26.4 Å². The Bertz CT molecular complexity index is 224. The molecule has 120 valence electrons. The Morgan fingerprint density at radius 3 is 2.85 bits per heavy atom. The highest BCUT2D eigenvalue weighted by atomic mass is 19.3. The Morgan fingerprint density at radius 2 is 2.20 bits per heavy atom. The first kappa shape index (κ1) is 17.8. The lowest BCUT2D eigenvalue weighted by molar-refractivity contribution is 0.0140. The summed E-state index contributed by atoms with van der Waals surface area (Å²) in [4.78, 5) is 0. The fraction of sp³-hybridized carbons (Fsp3) is 1.00. The summed E-state index contributed by atoms with van der Waals surface area (Å²) < 4.78 is 34.5. The molecule has 1 N–H and O–H groups in total. The Hall–Kier alpha value is -0.260. The van der Waals surface area contributed by atoms with Crippen LogP contribution >= 0.6 is 0 Å². The minimum Gasteiger partial charge on any atom is -0.378 e. The van der Waals surface area contributed by atoms with Gasteiger partial charge in [0.2, 0.25) is 0 Å². The number of ether oxygens (including phenoxy) is 2. The standard InChI is InChI=1S/C15H29F2NO2/c1-2-9-18-13(8-11-19-12-15(16)17)5-3-6-14-7-4-10-20-14/h13-15,18H,2-12H2,1H3. The SMILES string of the molecule is CCCNC(CCCC1CCCO1)CCOCC(F)F. The fourth-order valence-corrected chi connectivity index (χ4v) is 2.56. The molecule has 0 spiro atoms. The van der Waals surface area contributed by atoms with Crippen LogP contribution in [0.15, 0.2) is 0 Å². The first-order valence-corrected chi connectivity index (χ1v) is 7.93. The molecule has 0 amide bonds. The fourth-order valence-electron chi connectivity index (χ4n) is 2.56. The molecule has 2 atom stereocenters. The summed E-state index contributed by atoms with van der Waals surface area (Å²) in [6, 6.07) is 0.369. The third kappa shape index (κ3) is 8.82. The molecule has 0 aromatic carbocycles. The molecular weight excluding hydrogens is 264 g/mol. The van der Waals surface area contributed by atoms with E-state index in [1.54, 1.807) is 0 Å². The maximum absolute atomic E-state index is 12.0. The molecule has 0 radical (unpaired) electrons. The summed E-state index contributed by atoms with van der Waals surface area (Å²) in [5.74, 6) is 0. The van der Waals surface area contributed by atoms with E-state index >= 15 is 0 Å². The normalized spacial score (nSPS) is 20.7. The van der Waals surface area contributed by atoms with E-state index in [-0.39, 0.29) is 0 Å². The van der Waals surface area contributed by atoms with Gasteiger partial charge >= 0.3 is 0 Å². The average Bonchev–Trinajstić information content (AvgIpc) is 2.93. The van der Waals surface area contributed by atoms with E-state index in [2.05, 4.69) is 12.2 Å². The lowest BCUT2D eigenvalue weighted by atomic mass is 10.0. The molecular formula is C15H29F2NO2. The Morgan fingerprint density at radius 1 is 1.35 bits per heavy atom. The van der Waals surface area contributed by atoms with Crippen molar-refractivity contribution in [1.82, 2.24) is 5.32 Å². The lowest BCUT2D eigenvalue weighted by Crippen LogP contribution is -2.31. The van der Waals surface area contributed by atoms with Crippen LogP contribution in [0.5, 0.6) is 0 Å². The molecule has 0 aliphatic carbocycles. The number of alkyl halides is 2. The predicted octanol–water partition coefficient (Wildman–Crippen LogP) is 3.38. The van der Waals surface area contributed by atoms with Gasteiger partial charge < -0.3 is 14.8 Å². The van der Waals surface area contributed by atoms with Gasteiger partial charge in [0, 0.05) is 19.3 Å². The number of rotatable bonds is 12. The van der Waals surface area contributed by atoms with E-state index in [9.17, 15) is 8.78 Å². The van der Waals surface area contributed by atoms with Crippen LogP contribution in [-0.2, 0) is 9.47 Å². The van der Waals surface area contributed by atoms with E-state index in [4.69, 9.17) is 9.47 Å². The molecule has 0 bridgehead atoms. The lowest BCUT2D eigenvalue weighted by Gasteiger charge is -2.19. The molecule has 3 nitrogen and oxygen atoms in total. The number of hydrogen-bond acceptors (Lipinski definition) is 3. The molecule has 1 saturated heterocycles. The van der Waals surface area contributed by atoms with Crippen molar-refractivity contribution in [1.29, 1.82) is 0 Å². The Labute approximate surface area is 121 Å². The second kappa shape index (κ2) is 11.4. The molecule has 0 aromatic heterocycles. The Kier molecular flexibility index (Phi) is 10.1. The monoisotopic (exact) mass is 293 g/mol. The molecule has 1 rings (SSSR count). The smallest absolute Gasteiger partial charge is 0.261 e. The highest BCUT2D eigenvalue weighted by Crippen LogP contribution is 2.18. The van der Waals surface area contributed by atoms with Crippen molar-refractivity contribution in [3.05, 3.63) is 0 Å². The molecule has 1 fully saturated rings. The maximum atomic E-state index is 12.0. The second-order valence-corrected chi connectivity index (χ2v) is 5.47. The van der Waals surface area contributed by atoms with Gasteiger partial charge in [-0.1, -0.05) is 6.92 Å². The van der Waals surface area contributed by atoms with Crippen molar-refractivity contribution in [3.63, 3.8) is 0 Å². The zero-order valence-corrected chi connectivity index (χ0v) is 12.6. The van der Waals surface area contributed by atoms with Crippen LogP contribution in [0.2, 0.25) is 0 Å². The van der Waals surface area contributed by atoms with Gasteiger partial charge in [0.25, 0.3) is 6.43 Å². The third-order valence-electron chi connectivity index (χ3n) is 3.64. The van der Waals surface area contributed by atoms with E-state index in [1.807, 2.05) is 0 Å². The molecule has 1 aliphatic rings. The van der Waals surface area contributed by atoms with Gasteiger partial charge in [-0.25, -0.2) is 8.78 Å². The van der Waals surface area contributed by atoms with Gasteiger partial charge in [-0.05, 0) is 51.5 Å². The molecule has 20 heavy (non-hydrogen) atoms. The quantitative estimate of drug-likeness (QED) is 0.560. The van der Waals surface area contributed by atoms with Crippen LogP contribution in [0.3, 0.4) is 0 Å². The van der Waals surface area contributed by atoms with Gasteiger partial charge in [-0.3, -0.25) is 0 Å². The molecule has 5 heteroatoms. The molecule has 0 saturated carbocycles. The summed E-state index contributed by atoms with van der Waals surface area (Å²) >= 11 is 0. The topological polar surface area (TPSA) is 30.5 Å². The van der Waals surface area contributed by atoms with E-state index < -0.39 is 13.0 Å². The van der Waals surface area contributed by atoms with Crippen LogP contribution in [0.4, 0.5) is 8.78 Å². The minimum atomic E-state index is -2.36. The van der Waals surface area contributed by atoms with Crippen molar-refractivity contribution in [2.24, 2.45) is 0 Å². The molecule has 2 unspecified atom stereocenters. The number of nitrogens with one attached hydrogen (secondary N) is 1. The van der Waals surface area contributed by atoms with Crippen molar-refractivity contribution >= 4 is 0 Å².